The van der Waals surface area contributed by atoms with E-state index in [0.29, 0.717) is 24.9 Å². The van der Waals surface area contributed by atoms with Gasteiger partial charge >= 0.3 is 5.97 Å². The Morgan fingerprint density at radius 1 is 1.33 bits per heavy atom. The molecule has 9 nitrogen and oxygen atoms in total. The summed E-state index contributed by atoms with van der Waals surface area (Å²) in [7, 11) is 0. The number of aromatic nitrogens is 2. The molecule has 9 heteroatoms. The quantitative estimate of drug-likeness (QED) is 0.772. The largest absolute Gasteiger partial charge is 0.494 e. The third-order valence-electron chi connectivity index (χ3n) is 4.18. The molecule has 3 rings (SSSR count). The Labute approximate surface area is 155 Å². The van der Waals surface area contributed by atoms with E-state index in [4.69, 9.17) is 14.0 Å². The number of morpholine rings is 1. The molecule has 27 heavy (non-hydrogen) atoms. The van der Waals surface area contributed by atoms with Crippen molar-refractivity contribution in [2.45, 2.75) is 25.8 Å². The molecule has 1 aromatic carbocycles. The molecule has 1 atom stereocenters. The number of hydrogen-bond acceptors (Lipinski definition) is 7. The summed E-state index contributed by atoms with van der Waals surface area (Å²) in [5.41, 5.74) is 0.777. The number of ether oxygens (including phenoxy) is 2. The molecule has 2 heterocycles. The lowest BCUT2D eigenvalue weighted by atomic mass is 10.2. The smallest absolute Gasteiger partial charge is 0.328 e. The van der Waals surface area contributed by atoms with Crippen molar-refractivity contribution in [1.82, 2.24) is 15.0 Å². The zero-order valence-corrected chi connectivity index (χ0v) is 15.0. The van der Waals surface area contributed by atoms with Crippen LogP contribution in [0.3, 0.4) is 0 Å². The number of carboxylic acids is 1. The topological polar surface area (TPSA) is 115 Å². The average Bonchev–Trinajstić information content (AvgIpc) is 3.16. The monoisotopic (exact) mass is 375 g/mol. The third-order valence-corrected chi connectivity index (χ3v) is 4.18. The zero-order chi connectivity index (χ0) is 19.2. The number of aryl methyl sites for hydroxylation is 1. The summed E-state index contributed by atoms with van der Waals surface area (Å²) in [5, 5.41) is 13.1. The fourth-order valence-electron chi connectivity index (χ4n) is 2.80. The highest BCUT2D eigenvalue weighted by molar-refractivity contribution is 5.84. The lowest BCUT2D eigenvalue weighted by molar-refractivity contribution is -0.158. The summed E-state index contributed by atoms with van der Waals surface area (Å²) in [4.78, 5) is 29.2. The van der Waals surface area contributed by atoms with E-state index in [1.54, 1.807) is 0 Å². The SMILES string of the molecule is CCOc1ccc(-c2noc(CCC(=O)N3CCOC[C@@H]3C(=O)O)n2)cc1. The molecular weight excluding hydrogens is 354 g/mol. The molecule has 0 aliphatic carbocycles. The van der Waals surface area contributed by atoms with Crippen LogP contribution in [0.1, 0.15) is 19.2 Å². The number of carbonyl (C=O) groups is 2. The predicted molar refractivity (Wildman–Crippen MR) is 93.2 cm³/mol. The Balaban J connectivity index is 1.59. The molecule has 1 fully saturated rings. The molecule has 1 aromatic heterocycles. The van der Waals surface area contributed by atoms with E-state index in [2.05, 4.69) is 10.1 Å². The Hall–Kier alpha value is -2.94. The lowest BCUT2D eigenvalue weighted by Gasteiger charge is -2.32. The van der Waals surface area contributed by atoms with Gasteiger partial charge in [-0.1, -0.05) is 5.16 Å². The molecule has 0 spiro atoms. The van der Waals surface area contributed by atoms with Gasteiger partial charge in [-0.05, 0) is 31.2 Å². The van der Waals surface area contributed by atoms with Gasteiger partial charge in [0.05, 0.1) is 19.8 Å². The second-order valence-electron chi connectivity index (χ2n) is 5.99. The maximum atomic E-state index is 12.4. The number of aliphatic carboxylic acids is 1. The van der Waals surface area contributed by atoms with E-state index in [9.17, 15) is 14.7 Å². The molecule has 144 valence electrons. The van der Waals surface area contributed by atoms with Crippen LogP contribution in [0.2, 0.25) is 0 Å². The lowest BCUT2D eigenvalue weighted by Crippen LogP contribution is -2.52. The van der Waals surface area contributed by atoms with Gasteiger partial charge in [0.15, 0.2) is 6.04 Å². The molecular formula is C18H21N3O6. The highest BCUT2D eigenvalue weighted by Crippen LogP contribution is 2.20. The molecule has 1 N–H and O–H groups in total. The summed E-state index contributed by atoms with van der Waals surface area (Å²) < 4.78 is 15.7. The molecule has 0 bridgehead atoms. The van der Waals surface area contributed by atoms with Crippen molar-refractivity contribution < 1.29 is 28.7 Å². The first-order valence-electron chi connectivity index (χ1n) is 8.74. The Morgan fingerprint density at radius 2 is 2.11 bits per heavy atom. The van der Waals surface area contributed by atoms with Crippen LogP contribution in [-0.4, -0.2) is 64.4 Å². The van der Waals surface area contributed by atoms with Crippen molar-refractivity contribution in [1.29, 1.82) is 0 Å². The van der Waals surface area contributed by atoms with Gasteiger partial charge in [-0.25, -0.2) is 4.79 Å². The number of nitrogens with zero attached hydrogens (tertiary/aromatic N) is 3. The van der Waals surface area contributed by atoms with Gasteiger partial charge in [0.25, 0.3) is 0 Å². The van der Waals surface area contributed by atoms with Gasteiger partial charge in [0.2, 0.25) is 17.6 Å². The summed E-state index contributed by atoms with van der Waals surface area (Å²) >= 11 is 0. The number of rotatable bonds is 7. The van der Waals surface area contributed by atoms with Crippen molar-refractivity contribution in [2.24, 2.45) is 0 Å². The fourth-order valence-corrected chi connectivity index (χ4v) is 2.80. The van der Waals surface area contributed by atoms with Crippen LogP contribution in [-0.2, 0) is 20.7 Å². The highest BCUT2D eigenvalue weighted by atomic mass is 16.5. The number of carbonyl (C=O) groups excluding carboxylic acids is 1. The third kappa shape index (κ3) is 4.62. The van der Waals surface area contributed by atoms with Crippen LogP contribution >= 0.6 is 0 Å². The summed E-state index contributed by atoms with van der Waals surface area (Å²) in [6.07, 6.45) is 0.335. The zero-order valence-electron chi connectivity index (χ0n) is 15.0. The number of carboxylic acid groups (broad SMARTS) is 1. The van der Waals surface area contributed by atoms with E-state index in [1.165, 1.54) is 4.90 Å². The maximum absolute atomic E-state index is 12.4. The number of benzene rings is 1. The highest BCUT2D eigenvalue weighted by Gasteiger charge is 2.32. The van der Waals surface area contributed by atoms with Crippen LogP contribution in [0.15, 0.2) is 28.8 Å². The molecule has 1 aliphatic rings. The summed E-state index contributed by atoms with van der Waals surface area (Å²) in [5.74, 6) is 0.168. The van der Waals surface area contributed by atoms with Crippen molar-refractivity contribution in [2.75, 3.05) is 26.4 Å². The average molecular weight is 375 g/mol. The Morgan fingerprint density at radius 3 is 2.81 bits per heavy atom. The second-order valence-corrected chi connectivity index (χ2v) is 5.99. The number of amides is 1. The van der Waals surface area contributed by atoms with E-state index in [1.807, 2.05) is 31.2 Å². The van der Waals surface area contributed by atoms with E-state index < -0.39 is 12.0 Å². The van der Waals surface area contributed by atoms with E-state index in [0.717, 1.165) is 11.3 Å². The summed E-state index contributed by atoms with van der Waals surface area (Å²) in [6.45, 7) is 3.10. The van der Waals surface area contributed by atoms with Crippen molar-refractivity contribution >= 4 is 11.9 Å². The summed E-state index contributed by atoms with van der Waals surface area (Å²) in [6, 6.07) is 6.35. The first-order valence-corrected chi connectivity index (χ1v) is 8.74. The van der Waals surface area contributed by atoms with Crippen LogP contribution in [0, 0.1) is 0 Å². The minimum absolute atomic E-state index is 0.00349. The van der Waals surface area contributed by atoms with Crippen molar-refractivity contribution in [3.05, 3.63) is 30.2 Å². The minimum Gasteiger partial charge on any atom is -0.494 e. The van der Waals surface area contributed by atoms with Gasteiger partial charge in [-0.15, -0.1) is 0 Å². The maximum Gasteiger partial charge on any atom is 0.328 e. The normalized spacial score (nSPS) is 16.9. The number of hydrogen-bond donors (Lipinski definition) is 1. The first kappa shape index (κ1) is 18.8. The minimum atomic E-state index is -1.07. The molecule has 2 aromatic rings. The first-order chi connectivity index (χ1) is 13.1. The van der Waals surface area contributed by atoms with E-state index in [-0.39, 0.29) is 31.9 Å². The predicted octanol–water partition coefficient (Wildman–Crippen LogP) is 1.38. The Kier molecular flexibility index (Phi) is 6.02. The fraction of sp³-hybridized carbons (Fsp3) is 0.444. The molecule has 0 unspecified atom stereocenters. The van der Waals surface area contributed by atoms with Gasteiger partial charge in [-0.3, -0.25) is 4.79 Å². The van der Waals surface area contributed by atoms with Crippen LogP contribution in [0.25, 0.3) is 11.4 Å². The van der Waals surface area contributed by atoms with E-state index >= 15 is 0 Å². The van der Waals surface area contributed by atoms with Gasteiger partial charge in [0, 0.05) is 24.9 Å². The van der Waals surface area contributed by atoms with Crippen LogP contribution in [0.4, 0.5) is 0 Å². The van der Waals surface area contributed by atoms with Gasteiger partial charge < -0.3 is 24.0 Å². The second kappa shape index (κ2) is 8.63. The molecule has 1 amide bonds. The van der Waals surface area contributed by atoms with Crippen molar-refractivity contribution in [3.63, 3.8) is 0 Å². The molecule has 0 radical (unpaired) electrons. The van der Waals surface area contributed by atoms with Gasteiger partial charge in [0.1, 0.15) is 5.75 Å². The van der Waals surface area contributed by atoms with Crippen molar-refractivity contribution in [3.8, 4) is 17.1 Å². The molecule has 0 saturated carbocycles. The Bertz CT molecular complexity index is 789. The molecule has 1 aliphatic heterocycles. The molecule has 1 saturated heterocycles. The standard InChI is InChI=1S/C18H21N3O6/c1-2-26-13-5-3-12(4-6-13)17-19-15(27-20-17)7-8-16(22)21-9-10-25-11-14(21)18(23)24/h3-6,14H,2,7-11H2,1H3,(H,23,24)/t14-/m1/s1. The van der Waals surface area contributed by atoms with Gasteiger partial charge in [-0.2, -0.15) is 4.98 Å². The van der Waals surface area contributed by atoms with Crippen LogP contribution in [0.5, 0.6) is 5.75 Å². The van der Waals surface area contributed by atoms with Crippen LogP contribution < -0.4 is 4.74 Å².